The van der Waals surface area contributed by atoms with Crippen molar-refractivity contribution in [2.75, 3.05) is 18.0 Å². The minimum absolute atomic E-state index is 0.276. The average Bonchev–Trinajstić information content (AvgIpc) is 2.46. The number of nitrogens with one attached hydrogen (secondary N) is 1. The van der Waals surface area contributed by atoms with Crippen LogP contribution in [0.1, 0.15) is 39.2 Å². The van der Waals surface area contributed by atoms with E-state index in [1.807, 2.05) is 13.8 Å². The van der Waals surface area contributed by atoms with Crippen LogP contribution in [0, 0.1) is 0 Å². The number of hydrogen-bond acceptors (Lipinski definition) is 3. The average molecular weight is 289 g/mol. The molecule has 2 unspecified atom stereocenters. The maximum atomic E-state index is 11.8. The van der Waals surface area contributed by atoms with Gasteiger partial charge in [0.15, 0.2) is 0 Å². The van der Waals surface area contributed by atoms with Gasteiger partial charge >= 0.3 is 0 Å². The molecule has 0 saturated heterocycles. The third kappa shape index (κ3) is 3.38. The minimum Gasteiger partial charge on any atom is -0.369 e. The van der Waals surface area contributed by atoms with Crippen molar-refractivity contribution in [3.05, 3.63) is 29.8 Å². The molecule has 2 rings (SSSR count). The zero-order valence-corrected chi connectivity index (χ0v) is 13.4. The van der Waals surface area contributed by atoms with Gasteiger partial charge in [-0.15, -0.1) is 0 Å². The Morgan fingerprint density at radius 1 is 1.48 bits per heavy atom. The Labute approximate surface area is 127 Å². The Morgan fingerprint density at radius 3 is 2.86 bits per heavy atom. The molecule has 3 N–H and O–H groups in total. The van der Waals surface area contributed by atoms with Gasteiger partial charge in [0.25, 0.3) is 0 Å². The number of rotatable bonds is 6. The first-order chi connectivity index (χ1) is 9.98. The molecule has 0 fully saturated rings. The smallest absolute Gasteiger partial charge is 0.237 e. The van der Waals surface area contributed by atoms with Gasteiger partial charge in [0.05, 0.1) is 5.54 Å². The number of hydrogen-bond donors (Lipinski definition) is 2. The third-order valence-electron chi connectivity index (χ3n) is 4.63. The first-order valence-corrected chi connectivity index (χ1v) is 7.87. The Morgan fingerprint density at radius 2 is 2.19 bits per heavy atom. The fourth-order valence-electron chi connectivity index (χ4n) is 3.13. The van der Waals surface area contributed by atoms with E-state index in [0.29, 0.717) is 6.04 Å². The van der Waals surface area contributed by atoms with Crippen molar-refractivity contribution in [3.63, 3.8) is 0 Å². The van der Waals surface area contributed by atoms with Gasteiger partial charge in [-0.3, -0.25) is 4.79 Å². The monoisotopic (exact) mass is 289 g/mol. The standard InChI is InChI=1S/C17H27N3O/c1-4-19-17(3,16(18)21)11-12-20-13(2)9-10-14-7-5-6-8-15(14)20/h5-8,13,19H,4,9-12H2,1-3H3,(H2,18,21). The molecule has 1 aliphatic rings. The summed E-state index contributed by atoms with van der Waals surface area (Å²) < 4.78 is 0. The van der Waals surface area contributed by atoms with Crippen LogP contribution in [0.5, 0.6) is 0 Å². The van der Waals surface area contributed by atoms with Crippen LogP contribution in [-0.4, -0.2) is 30.6 Å². The third-order valence-corrected chi connectivity index (χ3v) is 4.63. The molecular weight excluding hydrogens is 262 g/mol. The molecule has 21 heavy (non-hydrogen) atoms. The molecule has 0 aliphatic carbocycles. The molecular formula is C17H27N3O. The van der Waals surface area contributed by atoms with Crippen molar-refractivity contribution in [2.45, 2.75) is 51.6 Å². The topological polar surface area (TPSA) is 58.4 Å². The number of para-hydroxylation sites is 1. The van der Waals surface area contributed by atoms with Gasteiger partial charge in [0.1, 0.15) is 0 Å². The highest BCUT2D eigenvalue weighted by molar-refractivity contribution is 5.84. The molecule has 1 aliphatic heterocycles. The van der Waals surface area contributed by atoms with Crippen molar-refractivity contribution in [2.24, 2.45) is 5.73 Å². The summed E-state index contributed by atoms with van der Waals surface area (Å²) in [6.07, 6.45) is 3.01. The quantitative estimate of drug-likeness (QED) is 0.843. The highest BCUT2D eigenvalue weighted by Gasteiger charge is 2.32. The fraction of sp³-hybridized carbons (Fsp3) is 0.588. The molecule has 1 heterocycles. The number of benzene rings is 1. The summed E-state index contributed by atoms with van der Waals surface area (Å²) in [5.74, 6) is -0.276. The minimum atomic E-state index is -0.638. The number of aryl methyl sites for hydroxylation is 1. The molecule has 4 nitrogen and oxygen atoms in total. The predicted molar refractivity (Wildman–Crippen MR) is 87.5 cm³/mol. The molecule has 2 atom stereocenters. The lowest BCUT2D eigenvalue weighted by atomic mass is 9.93. The predicted octanol–water partition coefficient (Wildman–Crippen LogP) is 2.07. The van der Waals surface area contributed by atoms with Gasteiger partial charge in [0, 0.05) is 18.3 Å². The lowest BCUT2D eigenvalue weighted by Gasteiger charge is -2.39. The number of likely N-dealkylation sites (N-methyl/N-ethyl adjacent to an activating group) is 1. The fourth-order valence-corrected chi connectivity index (χ4v) is 3.13. The van der Waals surface area contributed by atoms with E-state index in [0.717, 1.165) is 32.4 Å². The SMILES string of the molecule is CCNC(C)(CCN1c2ccccc2CCC1C)C(N)=O. The molecule has 1 aromatic carbocycles. The Bertz CT molecular complexity index is 503. The molecule has 116 valence electrons. The summed E-state index contributed by atoms with van der Waals surface area (Å²) in [6, 6.07) is 9.06. The van der Waals surface area contributed by atoms with E-state index in [1.54, 1.807) is 0 Å². The molecule has 0 saturated carbocycles. The van der Waals surface area contributed by atoms with E-state index in [-0.39, 0.29) is 5.91 Å². The number of primary amides is 1. The first-order valence-electron chi connectivity index (χ1n) is 7.87. The number of anilines is 1. The summed E-state index contributed by atoms with van der Waals surface area (Å²) in [4.78, 5) is 14.2. The summed E-state index contributed by atoms with van der Waals surface area (Å²) in [5, 5.41) is 3.24. The first kappa shape index (κ1) is 15.8. The van der Waals surface area contributed by atoms with Gasteiger partial charge < -0.3 is 16.0 Å². The molecule has 4 heteroatoms. The second-order valence-corrected chi connectivity index (χ2v) is 6.19. The van der Waals surface area contributed by atoms with Crippen LogP contribution >= 0.6 is 0 Å². The van der Waals surface area contributed by atoms with E-state index >= 15 is 0 Å². The van der Waals surface area contributed by atoms with Crippen molar-refractivity contribution < 1.29 is 4.79 Å². The zero-order chi connectivity index (χ0) is 15.5. The van der Waals surface area contributed by atoms with E-state index in [2.05, 4.69) is 41.4 Å². The molecule has 0 radical (unpaired) electrons. The van der Waals surface area contributed by atoms with Gasteiger partial charge in [-0.2, -0.15) is 0 Å². The lowest BCUT2D eigenvalue weighted by molar-refractivity contribution is -0.124. The van der Waals surface area contributed by atoms with Crippen LogP contribution in [0.15, 0.2) is 24.3 Å². The maximum absolute atomic E-state index is 11.8. The Kier molecular flexibility index (Phi) is 4.88. The van der Waals surface area contributed by atoms with Crippen molar-refractivity contribution >= 4 is 11.6 Å². The zero-order valence-electron chi connectivity index (χ0n) is 13.4. The summed E-state index contributed by atoms with van der Waals surface area (Å²) in [7, 11) is 0. The second-order valence-electron chi connectivity index (χ2n) is 6.19. The number of nitrogens with zero attached hydrogens (tertiary/aromatic N) is 1. The van der Waals surface area contributed by atoms with Crippen molar-refractivity contribution in [1.29, 1.82) is 0 Å². The largest absolute Gasteiger partial charge is 0.369 e. The maximum Gasteiger partial charge on any atom is 0.237 e. The number of fused-ring (bicyclic) bond motifs is 1. The molecule has 1 aromatic rings. The Hall–Kier alpha value is -1.55. The number of amides is 1. The van der Waals surface area contributed by atoms with E-state index in [9.17, 15) is 4.79 Å². The van der Waals surface area contributed by atoms with E-state index < -0.39 is 5.54 Å². The van der Waals surface area contributed by atoms with Crippen LogP contribution in [0.2, 0.25) is 0 Å². The number of carbonyl (C=O) groups excluding carboxylic acids is 1. The van der Waals surface area contributed by atoms with E-state index in [4.69, 9.17) is 5.73 Å². The normalized spacial score (nSPS) is 20.7. The van der Waals surface area contributed by atoms with Crippen molar-refractivity contribution in [1.82, 2.24) is 5.32 Å². The van der Waals surface area contributed by atoms with Crippen LogP contribution in [0.4, 0.5) is 5.69 Å². The molecule has 1 amide bonds. The number of carbonyl (C=O) groups is 1. The van der Waals surface area contributed by atoms with Gasteiger partial charge in [-0.25, -0.2) is 0 Å². The lowest BCUT2D eigenvalue weighted by Crippen LogP contribution is -2.55. The van der Waals surface area contributed by atoms with Crippen molar-refractivity contribution in [3.8, 4) is 0 Å². The Balaban J connectivity index is 2.13. The van der Waals surface area contributed by atoms with Gasteiger partial charge in [0.2, 0.25) is 5.91 Å². The molecule has 0 spiro atoms. The van der Waals surface area contributed by atoms with Crippen LogP contribution in [0.25, 0.3) is 0 Å². The highest BCUT2D eigenvalue weighted by atomic mass is 16.1. The van der Waals surface area contributed by atoms with Gasteiger partial charge in [-0.1, -0.05) is 25.1 Å². The second kappa shape index (κ2) is 6.48. The van der Waals surface area contributed by atoms with Crippen LogP contribution < -0.4 is 16.0 Å². The summed E-state index contributed by atoms with van der Waals surface area (Å²) in [5.41, 5.74) is 7.65. The molecule has 0 aromatic heterocycles. The molecule has 0 bridgehead atoms. The van der Waals surface area contributed by atoms with Crippen LogP contribution in [0.3, 0.4) is 0 Å². The summed E-state index contributed by atoms with van der Waals surface area (Å²) in [6.45, 7) is 7.74. The van der Waals surface area contributed by atoms with Crippen LogP contribution in [-0.2, 0) is 11.2 Å². The highest BCUT2D eigenvalue weighted by Crippen LogP contribution is 2.31. The van der Waals surface area contributed by atoms with Gasteiger partial charge in [-0.05, 0) is 51.3 Å². The van der Waals surface area contributed by atoms with E-state index in [1.165, 1.54) is 11.3 Å². The number of nitrogens with two attached hydrogens (primary N) is 1. The summed E-state index contributed by atoms with van der Waals surface area (Å²) >= 11 is 0.